The molecule has 0 aliphatic carbocycles. The second kappa shape index (κ2) is 11.0. The minimum absolute atomic E-state index is 0.0256. The van der Waals surface area contributed by atoms with Gasteiger partial charge in [-0.2, -0.15) is 5.26 Å². The van der Waals surface area contributed by atoms with Gasteiger partial charge in [0, 0.05) is 29.1 Å². The highest BCUT2D eigenvalue weighted by Gasteiger charge is 2.14. The van der Waals surface area contributed by atoms with Gasteiger partial charge < -0.3 is 19.9 Å². The molecule has 0 radical (unpaired) electrons. The van der Waals surface area contributed by atoms with E-state index in [2.05, 4.69) is 10.6 Å². The number of para-hydroxylation sites is 1. The van der Waals surface area contributed by atoms with Gasteiger partial charge in [0.05, 0.1) is 6.61 Å². The van der Waals surface area contributed by atoms with Crippen LogP contribution in [-0.4, -0.2) is 23.0 Å². The molecular weight excluding hydrogens is 432 g/mol. The standard InChI is InChI=1S/C26H26N4O4/c1-4-34-23-8-6-5-7-20(23)15-28-25(32)19-9-11-21(12-10-19)29-24(31)16-30-18(3)13-17(2)22(14-27)26(30)33/h5-13H,4,15-16H2,1-3H3,(H,28,32)(H,29,31). The minimum Gasteiger partial charge on any atom is -0.494 e. The number of pyridine rings is 1. The van der Waals surface area contributed by atoms with Crippen LogP contribution in [0.2, 0.25) is 0 Å². The van der Waals surface area contributed by atoms with E-state index in [0.717, 1.165) is 11.3 Å². The second-order valence-electron chi connectivity index (χ2n) is 7.70. The molecule has 3 aromatic rings. The maximum absolute atomic E-state index is 12.5. The van der Waals surface area contributed by atoms with Gasteiger partial charge in [-0.25, -0.2) is 0 Å². The summed E-state index contributed by atoms with van der Waals surface area (Å²) in [5.41, 5.74) is 2.51. The molecule has 1 heterocycles. The Hall–Kier alpha value is -4.38. The van der Waals surface area contributed by atoms with E-state index in [4.69, 9.17) is 4.74 Å². The number of rotatable bonds is 8. The number of aryl methyl sites for hydroxylation is 2. The lowest BCUT2D eigenvalue weighted by Crippen LogP contribution is -2.31. The van der Waals surface area contributed by atoms with Crippen LogP contribution in [0.1, 0.15) is 39.7 Å². The quantitative estimate of drug-likeness (QED) is 0.538. The van der Waals surface area contributed by atoms with Crippen molar-refractivity contribution in [3.8, 4) is 11.8 Å². The maximum Gasteiger partial charge on any atom is 0.269 e. The molecule has 0 aliphatic heterocycles. The number of aromatic nitrogens is 1. The molecule has 8 nitrogen and oxygen atoms in total. The summed E-state index contributed by atoms with van der Waals surface area (Å²) in [4.78, 5) is 37.5. The van der Waals surface area contributed by atoms with Crippen LogP contribution in [0.15, 0.2) is 59.4 Å². The van der Waals surface area contributed by atoms with Crippen LogP contribution in [0.4, 0.5) is 5.69 Å². The van der Waals surface area contributed by atoms with Gasteiger partial charge in [-0.3, -0.25) is 14.4 Å². The number of ether oxygens (including phenoxy) is 1. The third-order valence-electron chi connectivity index (χ3n) is 5.26. The van der Waals surface area contributed by atoms with E-state index in [1.807, 2.05) is 37.3 Å². The zero-order chi connectivity index (χ0) is 24.7. The van der Waals surface area contributed by atoms with Crippen LogP contribution in [0, 0.1) is 25.2 Å². The molecule has 0 fully saturated rings. The Labute approximate surface area is 197 Å². The molecule has 1 aromatic heterocycles. The Kier molecular flexibility index (Phi) is 7.83. The highest BCUT2D eigenvalue weighted by Crippen LogP contribution is 2.18. The summed E-state index contributed by atoms with van der Waals surface area (Å²) in [5, 5.41) is 14.8. The van der Waals surface area contributed by atoms with Gasteiger partial charge in [-0.1, -0.05) is 18.2 Å². The van der Waals surface area contributed by atoms with Crippen molar-refractivity contribution >= 4 is 17.5 Å². The molecular formula is C26H26N4O4. The zero-order valence-corrected chi connectivity index (χ0v) is 19.3. The number of carbonyl (C=O) groups excluding carboxylic acids is 2. The molecule has 0 spiro atoms. The Morgan fingerprint density at radius 2 is 1.79 bits per heavy atom. The van der Waals surface area contributed by atoms with Crippen molar-refractivity contribution in [1.29, 1.82) is 5.26 Å². The van der Waals surface area contributed by atoms with Crippen molar-refractivity contribution in [2.75, 3.05) is 11.9 Å². The number of benzene rings is 2. The van der Waals surface area contributed by atoms with E-state index in [1.54, 1.807) is 44.2 Å². The van der Waals surface area contributed by atoms with Crippen LogP contribution in [0.25, 0.3) is 0 Å². The van der Waals surface area contributed by atoms with Crippen molar-refractivity contribution in [2.24, 2.45) is 0 Å². The predicted octanol–water partition coefficient (Wildman–Crippen LogP) is 3.30. The van der Waals surface area contributed by atoms with Gasteiger partial charge in [0.2, 0.25) is 5.91 Å². The van der Waals surface area contributed by atoms with Crippen molar-refractivity contribution in [3.05, 3.63) is 92.9 Å². The van der Waals surface area contributed by atoms with E-state index < -0.39 is 11.5 Å². The molecule has 0 saturated carbocycles. The molecule has 174 valence electrons. The van der Waals surface area contributed by atoms with Crippen molar-refractivity contribution in [2.45, 2.75) is 33.9 Å². The number of nitrogens with zero attached hydrogens (tertiary/aromatic N) is 2. The van der Waals surface area contributed by atoms with Gasteiger partial charge in [-0.15, -0.1) is 0 Å². The SMILES string of the molecule is CCOc1ccccc1CNC(=O)c1ccc(NC(=O)Cn2c(C)cc(C)c(C#N)c2=O)cc1. The van der Waals surface area contributed by atoms with Crippen LogP contribution in [0.5, 0.6) is 5.75 Å². The van der Waals surface area contributed by atoms with E-state index in [-0.39, 0.29) is 18.0 Å². The van der Waals surface area contributed by atoms with Crippen molar-refractivity contribution in [1.82, 2.24) is 9.88 Å². The molecule has 8 heteroatoms. The summed E-state index contributed by atoms with van der Waals surface area (Å²) < 4.78 is 6.84. The number of nitriles is 1. The summed E-state index contributed by atoms with van der Waals surface area (Å²) in [6, 6.07) is 17.6. The molecule has 0 bridgehead atoms. The number of anilines is 1. The normalized spacial score (nSPS) is 10.3. The zero-order valence-electron chi connectivity index (χ0n) is 19.3. The van der Waals surface area contributed by atoms with Gasteiger partial charge >= 0.3 is 0 Å². The van der Waals surface area contributed by atoms with Crippen molar-refractivity contribution in [3.63, 3.8) is 0 Å². The summed E-state index contributed by atoms with van der Waals surface area (Å²) in [7, 11) is 0. The van der Waals surface area contributed by atoms with Crippen LogP contribution in [-0.2, 0) is 17.9 Å². The molecule has 2 N–H and O–H groups in total. The molecule has 34 heavy (non-hydrogen) atoms. The van der Waals surface area contributed by atoms with E-state index in [1.165, 1.54) is 4.57 Å². The molecule has 0 aliphatic rings. The fourth-order valence-electron chi connectivity index (χ4n) is 3.53. The first-order valence-electron chi connectivity index (χ1n) is 10.8. The van der Waals surface area contributed by atoms with Crippen LogP contribution < -0.4 is 20.9 Å². The smallest absolute Gasteiger partial charge is 0.269 e. The van der Waals surface area contributed by atoms with Gasteiger partial charge in [-0.05, 0) is 62.7 Å². The monoisotopic (exact) mass is 458 g/mol. The van der Waals surface area contributed by atoms with Gasteiger partial charge in [0.25, 0.3) is 11.5 Å². The third kappa shape index (κ3) is 5.70. The third-order valence-corrected chi connectivity index (χ3v) is 5.26. The summed E-state index contributed by atoms with van der Waals surface area (Å²) in [5.74, 6) is 0.0610. The van der Waals surface area contributed by atoms with Crippen molar-refractivity contribution < 1.29 is 14.3 Å². The highest BCUT2D eigenvalue weighted by molar-refractivity contribution is 5.95. The topological polar surface area (TPSA) is 113 Å². The highest BCUT2D eigenvalue weighted by atomic mass is 16.5. The number of nitrogens with one attached hydrogen (secondary N) is 2. The Balaban J connectivity index is 1.62. The number of hydrogen-bond donors (Lipinski definition) is 2. The lowest BCUT2D eigenvalue weighted by atomic mass is 10.1. The summed E-state index contributed by atoms with van der Waals surface area (Å²) in [6.45, 7) is 5.94. The Morgan fingerprint density at radius 3 is 2.47 bits per heavy atom. The number of carbonyl (C=O) groups is 2. The Bertz CT molecular complexity index is 1300. The first kappa shape index (κ1) is 24.3. The van der Waals surface area contributed by atoms with Gasteiger partial charge in [0.1, 0.15) is 23.9 Å². The second-order valence-corrected chi connectivity index (χ2v) is 7.70. The van der Waals surface area contributed by atoms with E-state index >= 15 is 0 Å². The van der Waals surface area contributed by atoms with E-state index in [0.29, 0.717) is 35.7 Å². The largest absolute Gasteiger partial charge is 0.494 e. The summed E-state index contributed by atoms with van der Waals surface area (Å²) in [6.07, 6.45) is 0. The molecule has 0 saturated heterocycles. The average Bonchev–Trinajstić information content (AvgIpc) is 2.82. The lowest BCUT2D eigenvalue weighted by molar-refractivity contribution is -0.116. The number of amides is 2. The maximum atomic E-state index is 12.5. The molecule has 3 rings (SSSR count). The Morgan fingerprint density at radius 1 is 1.09 bits per heavy atom. The molecule has 0 atom stereocenters. The molecule has 2 amide bonds. The first-order valence-corrected chi connectivity index (χ1v) is 10.8. The molecule has 0 unspecified atom stereocenters. The first-order chi connectivity index (χ1) is 16.3. The van der Waals surface area contributed by atoms with Crippen LogP contribution >= 0.6 is 0 Å². The summed E-state index contributed by atoms with van der Waals surface area (Å²) >= 11 is 0. The average molecular weight is 459 g/mol. The van der Waals surface area contributed by atoms with Crippen LogP contribution in [0.3, 0.4) is 0 Å². The van der Waals surface area contributed by atoms with Gasteiger partial charge in [0.15, 0.2) is 0 Å². The fraction of sp³-hybridized carbons (Fsp3) is 0.231. The number of hydrogen-bond acceptors (Lipinski definition) is 5. The minimum atomic E-state index is -0.493. The molecule has 2 aromatic carbocycles. The fourth-order valence-corrected chi connectivity index (χ4v) is 3.53. The predicted molar refractivity (Wildman–Crippen MR) is 129 cm³/mol. The lowest BCUT2D eigenvalue weighted by Gasteiger charge is -2.13. The van der Waals surface area contributed by atoms with E-state index in [9.17, 15) is 19.6 Å².